The summed E-state index contributed by atoms with van der Waals surface area (Å²) in [6, 6.07) is 0. The Morgan fingerprint density at radius 1 is 1.30 bits per heavy atom. The summed E-state index contributed by atoms with van der Waals surface area (Å²) >= 11 is 0. The van der Waals surface area contributed by atoms with Crippen molar-refractivity contribution in [3.8, 4) is 0 Å². The van der Waals surface area contributed by atoms with Crippen LogP contribution in [0.4, 0.5) is 0 Å². The molecule has 3 N–H and O–H groups in total. The fourth-order valence-corrected chi connectivity index (χ4v) is 3.82. The quantitative estimate of drug-likeness (QED) is 0.749. The van der Waals surface area contributed by atoms with Crippen LogP contribution in [0.2, 0.25) is 0 Å². The number of hydrogen-bond acceptors (Lipinski definition) is 4. The summed E-state index contributed by atoms with van der Waals surface area (Å²) in [6.07, 6.45) is 6.71. The number of aliphatic hydroxyl groups is 2. The van der Waals surface area contributed by atoms with Gasteiger partial charge in [0, 0.05) is 31.6 Å². The highest BCUT2D eigenvalue weighted by Crippen LogP contribution is 2.24. The van der Waals surface area contributed by atoms with E-state index in [2.05, 4.69) is 10.2 Å². The molecule has 1 unspecified atom stereocenters. The van der Waals surface area contributed by atoms with Crippen LogP contribution in [0.5, 0.6) is 0 Å². The first-order valence-corrected chi connectivity index (χ1v) is 8.80. The normalized spacial score (nSPS) is 20.3. The molecule has 1 aliphatic carbocycles. The number of fused-ring (bicyclic) bond motifs is 1. The molecule has 128 valence electrons. The molecule has 1 aromatic heterocycles. The first kappa shape index (κ1) is 16.5. The summed E-state index contributed by atoms with van der Waals surface area (Å²) in [4.78, 5) is 14.3. The van der Waals surface area contributed by atoms with Gasteiger partial charge in [0.2, 0.25) is 5.91 Å². The Labute approximate surface area is 136 Å². The van der Waals surface area contributed by atoms with Crippen LogP contribution in [0, 0.1) is 5.92 Å². The third-order valence-electron chi connectivity index (χ3n) is 5.34. The molecular weight excluding hydrogens is 294 g/mol. The minimum absolute atomic E-state index is 0.113. The number of H-pyrrole nitrogens is 1. The van der Waals surface area contributed by atoms with Gasteiger partial charge in [0.05, 0.1) is 18.4 Å². The molecule has 6 heteroatoms. The van der Waals surface area contributed by atoms with Gasteiger partial charge >= 0.3 is 0 Å². The number of likely N-dealkylation sites (tertiary alicyclic amines) is 1. The lowest BCUT2D eigenvalue weighted by Gasteiger charge is -2.33. The first-order chi connectivity index (χ1) is 11.2. The summed E-state index contributed by atoms with van der Waals surface area (Å²) in [7, 11) is 0. The summed E-state index contributed by atoms with van der Waals surface area (Å²) in [6.45, 7) is 1.17. The van der Waals surface area contributed by atoms with Crippen molar-refractivity contribution in [1.29, 1.82) is 0 Å². The van der Waals surface area contributed by atoms with E-state index in [4.69, 9.17) is 5.11 Å². The zero-order valence-corrected chi connectivity index (χ0v) is 13.6. The Hall–Kier alpha value is -1.40. The van der Waals surface area contributed by atoms with Crippen LogP contribution in [-0.2, 0) is 24.1 Å². The van der Waals surface area contributed by atoms with Gasteiger partial charge in [-0.3, -0.25) is 9.89 Å². The van der Waals surface area contributed by atoms with Crippen molar-refractivity contribution in [2.75, 3.05) is 19.7 Å². The van der Waals surface area contributed by atoms with Crippen LogP contribution < -0.4 is 0 Å². The second-order valence-electron chi connectivity index (χ2n) is 6.80. The van der Waals surface area contributed by atoms with Crippen LogP contribution in [0.15, 0.2) is 0 Å². The number of carbonyl (C=O) groups excluding carboxylic acids is 1. The number of carbonyl (C=O) groups is 1. The number of aliphatic hydroxyl groups excluding tert-OH is 2. The lowest BCUT2D eigenvalue weighted by atomic mass is 9.91. The van der Waals surface area contributed by atoms with Gasteiger partial charge in [0.1, 0.15) is 0 Å². The van der Waals surface area contributed by atoms with Crippen LogP contribution in [0.25, 0.3) is 0 Å². The van der Waals surface area contributed by atoms with Gasteiger partial charge in [0.25, 0.3) is 0 Å². The minimum atomic E-state index is -0.650. The number of aryl methyl sites for hydroxylation is 2. The SMILES string of the molecule is O=C(CCc1n[nH]c2c1CCCC2)N1CCC(C(O)CO)CC1. The second kappa shape index (κ2) is 7.45. The van der Waals surface area contributed by atoms with Crippen molar-refractivity contribution in [1.82, 2.24) is 15.1 Å². The van der Waals surface area contributed by atoms with Crippen molar-refractivity contribution in [2.24, 2.45) is 5.92 Å². The Balaban J connectivity index is 1.48. The van der Waals surface area contributed by atoms with E-state index in [1.807, 2.05) is 4.90 Å². The van der Waals surface area contributed by atoms with E-state index in [1.54, 1.807) is 0 Å². The molecule has 0 spiro atoms. The molecule has 1 saturated heterocycles. The number of amides is 1. The number of rotatable bonds is 5. The van der Waals surface area contributed by atoms with Gasteiger partial charge < -0.3 is 15.1 Å². The van der Waals surface area contributed by atoms with E-state index in [-0.39, 0.29) is 18.4 Å². The van der Waals surface area contributed by atoms with Gasteiger partial charge in [-0.05, 0) is 50.0 Å². The third-order valence-corrected chi connectivity index (χ3v) is 5.34. The Morgan fingerprint density at radius 3 is 2.78 bits per heavy atom. The molecule has 1 fully saturated rings. The Bertz CT molecular complexity index is 535. The standard InChI is InChI=1S/C17H27N3O3/c21-11-16(22)12-7-9-20(10-8-12)17(23)6-5-15-13-3-1-2-4-14(13)18-19-15/h12,16,21-22H,1-11H2,(H,18,19). The van der Waals surface area contributed by atoms with Crippen LogP contribution in [0.1, 0.15) is 49.1 Å². The lowest BCUT2D eigenvalue weighted by Crippen LogP contribution is -2.42. The summed E-state index contributed by atoms with van der Waals surface area (Å²) in [5, 5.41) is 26.2. The zero-order chi connectivity index (χ0) is 16.2. The fraction of sp³-hybridized carbons (Fsp3) is 0.765. The molecule has 3 rings (SSSR count). The van der Waals surface area contributed by atoms with Crippen LogP contribution >= 0.6 is 0 Å². The third kappa shape index (κ3) is 3.75. The number of aromatic amines is 1. The smallest absolute Gasteiger partial charge is 0.222 e. The predicted molar refractivity (Wildman–Crippen MR) is 85.9 cm³/mol. The van der Waals surface area contributed by atoms with Gasteiger partial charge in [-0.25, -0.2) is 0 Å². The van der Waals surface area contributed by atoms with E-state index in [1.165, 1.54) is 24.1 Å². The highest BCUT2D eigenvalue weighted by atomic mass is 16.3. The van der Waals surface area contributed by atoms with E-state index < -0.39 is 6.10 Å². The molecular formula is C17H27N3O3. The van der Waals surface area contributed by atoms with Gasteiger partial charge in [0.15, 0.2) is 0 Å². The van der Waals surface area contributed by atoms with Crippen LogP contribution in [-0.4, -0.2) is 57.0 Å². The maximum absolute atomic E-state index is 12.4. The maximum Gasteiger partial charge on any atom is 0.222 e. The predicted octanol–water partition coefficient (Wildman–Crippen LogP) is 0.813. The highest BCUT2D eigenvalue weighted by molar-refractivity contribution is 5.76. The first-order valence-electron chi connectivity index (χ1n) is 8.80. The van der Waals surface area contributed by atoms with E-state index in [0.717, 1.165) is 31.4 Å². The van der Waals surface area contributed by atoms with Crippen molar-refractivity contribution in [3.05, 3.63) is 17.0 Å². The number of hydrogen-bond donors (Lipinski definition) is 3. The monoisotopic (exact) mass is 321 g/mol. The fourth-order valence-electron chi connectivity index (χ4n) is 3.82. The lowest BCUT2D eigenvalue weighted by molar-refractivity contribution is -0.133. The molecule has 0 bridgehead atoms. The Morgan fingerprint density at radius 2 is 2.04 bits per heavy atom. The average Bonchev–Trinajstić information content (AvgIpc) is 3.02. The maximum atomic E-state index is 12.4. The summed E-state index contributed by atoms with van der Waals surface area (Å²) in [5.74, 6) is 0.289. The van der Waals surface area contributed by atoms with E-state index >= 15 is 0 Å². The zero-order valence-electron chi connectivity index (χ0n) is 13.6. The summed E-state index contributed by atoms with van der Waals surface area (Å²) in [5.41, 5.74) is 3.67. The topological polar surface area (TPSA) is 89.5 Å². The largest absolute Gasteiger partial charge is 0.394 e. The van der Waals surface area contributed by atoms with Gasteiger partial charge in [-0.15, -0.1) is 0 Å². The van der Waals surface area contributed by atoms with Crippen molar-refractivity contribution in [2.45, 2.75) is 57.5 Å². The number of nitrogens with one attached hydrogen (secondary N) is 1. The molecule has 2 heterocycles. The second-order valence-corrected chi connectivity index (χ2v) is 6.80. The number of nitrogens with zero attached hydrogens (tertiary/aromatic N) is 2. The minimum Gasteiger partial charge on any atom is -0.394 e. The highest BCUT2D eigenvalue weighted by Gasteiger charge is 2.27. The molecule has 0 aromatic carbocycles. The Kier molecular flexibility index (Phi) is 5.33. The molecule has 6 nitrogen and oxygen atoms in total. The van der Waals surface area contributed by atoms with Gasteiger partial charge in [-0.1, -0.05) is 0 Å². The van der Waals surface area contributed by atoms with Crippen molar-refractivity contribution < 1.29 is 15.0 Å². The van der Waals surface area contributed by atoms with E-state index in [9.17, 15) is 9.90 Å². The molecule has 0 saturated carbocycles. The van der Waals surface area contributed by atoms with Crippen molar-refractivity contribution in [3.63, 3.8) is 0 Å². The van der Waals surface area contributed by atoms with E-state index in [0.29, 0.717) is 25.9 Å². The van der Waals surface area contributed by atoms with Crippen LogP contribution in [0.3, 0.4) is 0 Å². The van der Waals surface area contributed by atoms with Gasteiger partial charge in [-0.2, -0.15) is 5.10 Å². The molecule has 2 aliphatic rings. The number of aromatic nitrogens is 2. The molecule has 1 aromatic rings. The molecule has 1 atom stereocenters. The summed E-state index contributed by atoms with van der Waals surface area (Å²) < 4.78 is 0. The molecule has 23 heavy (non-hydrogen) atoms. The molecule has 1 aliphatic heterocycles. The molecule has 0 radical (unpaired) electrons. The number of piperidine rings is 1. The molecule has 1 amide bonds. The van der Waals surface area contributed by atoms with Crippen molar-refractivity contribution >= 4 is 5.91 Å². The average molecular weight is 321 g/mol.